The third-order valence-electron chi connectivity index (χ3n) is 2.18. The van der Waals surface area contributed by atoms with Crippen LogP contribution in [0.15, 0.2) is 4.99 Å². The maximum absolute atomic E-state index is 5.38. The lowest BCUT2D eigenvalue weighted by Crippen LogP contribution is -2.35. The van der Waals surface area contributed by atoms with Crippen LogP contribution in [0.5, 0.6) is 0 Å². The lowest BCUT2D eigenvalue weighted by Gasteiger charge is -2.22. The van der Waals surface area contributed by atoms with Crippen molar-refractivity contribution in [1.82, 2.24) is 9.80 Å². The van der Waals surface area contributed by atoms with Crippen LogP contribution in [0, 0.1) is 0 Å². The molecule has 6 heteroatoms. The summed E-state index contributed by atoms with van der Waals surface area (Å²) in [6.07, 6.45) is 2.10. The monoisotopic (exact) mass is 373 g/mol. The van der Waals surface area contributed by atoms with E-state index < -0.39 is 0 Å². The van der Waals surface area contributed by atoms with Gasteiger partial charge < -0.3 is 19.3 Å². The van der Waals surface area contributed by atoms with Crippen LogP contribution < -0.4 is 0 Å². The molecule has 0 amide bonds. The Kier molecular flexibility index (Phi) is 15.0. The number of hydrogen-bond donors (Lipinski definition) is 0. The second-order valence-corrected chi connectivity index (χ2v) is 4.28. The molecule has 0 aromatic carbocycles. The molecule has 18 heavy (non-hydrogen) atoms. The zero-order valence-electron chi connectivity index (χ0n) is 12.3. The number of methoxy groups -OCH3 is 1. The lowest BCUT2D eigenvalue weighted by molar-refractivity contribution is 0.0690. The van der Waals surface area contributed by atoms with E-state index in [-0.39, 0.29) is 24.0 Å². The van der Waals surface area contributed by atoms with Crippen LogP contribution in [-0.4, -0.2) is 77.4 Å². The van der Waals surface area contributed by atoms with Crippen molar-refractivity contribution in [2.24, 2.45) is 4.99 Å². The van der Waals surface area contributed by atoms with Crippen LogP contribution >= 0.6 is 24.0 Å². The molecule has 0 N–H and O–H groups in total. The second-order valence-electron chi connectivity index (χ2n) is 4.28. The molecule has 0 rings (SSSR count). The molecule has 0 aliphatic heterocycles. The summed E-state index contributed by atoms with van der Waals surface area (Å²) in [7, 11) is 9.71. The van der Waals surface area contributed by atoms with Crippen molar-refractivity contribution in [1.29, 1.82) is 0 Å². The Morgan fingerprint density at radius 2 is 1.56 bits per heavy atom. The highest BCUT2D eigenvalue weighted by atomic mass is 127. The number of halogens is 1. The zero-order chi connectivity index (χ0) is 13.1. The normalized spacial score (nSPS) is 9.61. The summed E-state index contributed by atoms with van der Waals surface area (Å²) in [5.41, 5.74) is 0. The van der Waals surface area contributed by atoms with Gasteiger partial charge in [0.25, 0.3) is 0 Å². The van der Waals surface area contributed by atoms with E-state index in [4.69, 9.17) is 9.47 Å². The van der Waals surface area contributed by atoms with E-state index in [9.17, 15) is 0 Å². The highest BCUT2D eigenvalue weighted by Gasteiger charge is 2.02. The van der Waals surface area contributed by atoms with Gasteiger partial charge in [-0.2, -0.15) is 0 Å². The van der Waals surface area contributed by atoms with E-state index in [1.54, 1.807) is 7.11 Å². The third kappa shape index (κ3) is 11.0. The predicted octanol–water partition coefficient (Wildman–Crippen LogP) is 1.53. The predicted molar refractivity (Wildman–Crippen MR) is 87.0 cm³/mol. The van der Waals surface area contributed by atoms with E-state index in [0.717, 1.165) is 32.0 Å². The van der Waals surface area contributed by atoms with E-state index in [1.807, 2.05) is 38.0 Å². The van der Waals surface area contributed by atoms with Crippen molar-refractivity contribution in [2.45, 2.75) is 12.8 Å². The van der Waals surface area contributed by atoms with Gasteiger partial charge in [0.15, 0.2) is 5.96 Å². The Hall–Kier alpha value is -0.0800. The lowest BCUT2D eigenvalue weighted by atomic mass is 10.3. The van der Waals surface area contributed by atoms with Gasteiger partial charge in [-0.15, -0.1) is 24.0 Å². The molecule has 110 valence electrons. The molecule has 0 saturated carbocycles. The Balaban J connectivity index is 0. The summed E-state index contributed by atoms with van der Waals surface area (Å²) in [6.45, 7) is 2.99. The van der Waals surface area contributed by atoms with Crippen molar-refractivity contribution < 1.29 is 9.47 Å². The fourth-order valence-electron chi connectivity index (χ4n) is 1.42. The molecule has 0 spiro atoms. The highest BCUT2D eigenvalue weighted by molar-refractivity contribution is 14.0. The summed E-state index contributed by atoms with van der Waals surface area (Å²) in [5, 5.41) is 0. The van der Waals surface area contributed by atoms with Crippen LogP contribution in [0.4, 0.5) is 0 Å². The Morgan fingerprint density at radius 1 is 0.944 bits per heavy atom. The van der Waals surface area contributed by atoms with Gasteiger partial charge in [-0.3, -0.25) is 4.99 Å². The summed E-state index contributed by atoms with van der Waals surface area (Å²) in [5.74, 6) is 1.00. The van der Waals surface area contributed by atoms with Gasteiger partial charge in [-0.25, -0.2) is 0 Å². The highest BCUT2D eigenvalue weighted by Crippen LogP contribution is 1.95. The van der Waals surface area contributed by atoms with E-state index in [2.05, 4.69) is 4.99 Å². The maximum atomic E-state index is 5.38. The molecular formula is C12H28IN3O2. The standard InChI is InChI=1S/C12H27N3O2.HI/c1-14(2)12(15(3)4)13-8-6-7-9-17-11-10-16-5;/h6-11H2,1-5H3;1H. The molecule has 0 heterocycles. The summed E-state index contributed by atoms with van der Waals surface area (Å²) in [4.78, 5) is 8.59. The van der Waals surface area contributed by atoms with Crippen LogP contribution in [0.25, 0.3) is 0 Å². The first-order valence-electron chi connectivity index (χ1n) is 6.05. The van der Waals surface area contributed by atoms with Crippen molar-refractivity contribution in [3.63, 3.8) is 0 Å². The largest absolute Gasteiger partial charge is 0.382 e. The van der Waals surface area contributed by atoms with Crippen molar-refractivity contribution >= 4 is 29.9 Å². The van der Waals surface area contributed by atoms with Crippen molar-refractivity contribution in [3.05, 3.63) is 0 Å². The van der Waals surface area contributed by atoms with Gasteiger partial charge in [0, 0.05) is 48.5 Å². The quantitative estimate of drug-likeness (QED) is 0.280. The molecule has 0 bridgehead atoms. The van der Waals surface area contributed by atoms with Gasteiger partial charge >= 0.3 is 0 Å². The minimum Gasteiger partial charge on any atom is -0.382 e. The van der Waals surface area contributed by atoms with Gasteiger partial charge in [-0.1, -0.05) is 0 Å². The van der Waals surface area contributed by atoms with Gasteiger partial charge in [0.1, 0.15) is 0 Å². The van der Waals surface area contributed by atoms with Crippen molar-refractivity contribution in [2.75, 3.05) is 61.7 Å². The van der Waals surface area contributed by atoms with Gasteiger partial charge in [0.05, 0.1) is 13.2 Å². The molecular weight excluding hydrogens is 345 g/mol. The summed E-state index contributed by atoms with van der Waals surface area (Å²) >= 11 is 0. The van der Waals surface area contributed by atoms with E-state index >= 15 is 0 Å². The third-order valence-corrected chi connectivity index (χ3v) is 2.18. The smallest absolute Gasteiger partial charge is 0.195 e. The molecule has 0 aromatic rings. The van der Waals surface area contributed by atoms with Crippen LogP contribution in [0.2, 0.25) is 0 Å². The minimum absolute atomic E-state index is 0. The van der Waals surface area contributed by atoms with Crippen LogP contribution in [0.3, 0.4) is 0 Å². The maximum Gasteiger partial charge on any atom is 0.195 e. The minimum atomic E-state index is 0. The second kappa shape index (κ2) is 13.4. The summed E-state index contributed by atoms with van der Waals surface area (Å²) in [6, 6.07) is 0. The Bertz CT molecular complexity index is 201. The molecule has 0 aliphatic carbocycles. The number of unbranched alkanes of at least 4 members (excludes halogenated alkanes) is 1. The molecule has 0 atom stereocenters. The molecule has 0 saturated heterocycles. The first kappa shape index (κ1) is 20.2. The number of hydrogen-bond acceptors (Lipinski definition) is 3. The number of aliphatic imine (C=N–C) groups is 1. The number of ether oxygens (including phenoxy) is 2. The molecule has 5 nitrogen and oxygen atoms in total. The fourth-order valence-corrected chi connectivity index (χ4v) is 1.42. The SMILES string of the molecule is COCCOCCCCN=C(N(C)C)N(C)C.I. The van der Waals surface area contributed by atoms with Gasteiger partial charge in [-0.05, 0) is 12.8 Å². The number of guanidine groups is 1. The molecule has 0 radical (unpaired) electrons. The molecule has 0 aliphatic rings. The fraction of sp³-hybridized carbons (Fsp3) is 0.917. The Labute approximate surface area is 129 Å². The van der Waals surface area contributed by atoms with Crippen molar-refractivity contribution in [3.8, 4) is 0 Å². The van der Waals surface area contributed by atoms with Crippen LogP contribution in [0.1, 0.15) is 12.8 Å². The first-order chi connectivity index (χ1) is 8.09. The zero-order valence-corrected chi connectivity index (χ0v) is 14.6. The van der Waals surface area contributed by atoms with Gasteiger partial charge in [0.2, 0.25) is 0 Å². The first-order valence-corrected chi connectivity index (χ1v) is 6.05. The molecule has 0 aromatic heterocycles. The van der Waals surface area contributed by atoms with E-state index in [0.29, 0.717) is 13.2 Å². The summed E-state index contributed by atoms with van der Waals surface area (Å²) < 4.78 is 10.3. The number of nitrogens with zero attached hydrogens (tertiary/aromatic N) is 3. The van der Waals surface area contributed by atoms with E-state index in [1.165, 1.54) is 0 Å². The average Bonchev–Trinajstić information content (AvgIpc) is 2.26. The Morgan fingerprint density at radius 3 is 2.06 bits per heavy atom. The molecule has 0 unspecified atom stereocenters. The topological polar surface area (TPSA) is 37.3 Å². The average molecular weight is 373 g/mol. The molecule has 0 fully saturated rings. The van der Waals surface area contributed by atoms with Crippen LogP contribution in [-0.2, 0) is 9.47 Å². The number of rotatable bonds is 8.